The van der Waals surface area contributed by atoms with Gasteiger partial charge in [-0.15, -0.1) is 0 Å². The lowest BCUT2D eigenvalue weighted by Crippen LogP contribution is -2.63. The smallest absolute Gasteiger partial charge is 0.343 e. The molecule has 0 aromatic heterocycles. The van der Waals surface area contributed by atoms with Gasteiger partial charge in [-0.05, 0) is 25.2 Å². The van der Waals surface area contributed by atoms with E-state index in [0.29, 0.717) is 12.8 Å². The van der Waals surface area contributed by atoms with Gasteiger partial charge in [-0.2, -0.15) is 13.2 Å². The number of nitrogens with zero attached hydrogens (tertiary/aromatic N) is 1. The molecule has 0 aliphatic carbocycles. The van der Waals surface area contributed by atoms with Crippen LogP contribution in [0, 0.1) is 5.92 Å². The summed E-state index contributed by atoms with van der Waals surface area (Å²) in [6, 6.07) is -1.28. The van der Waals surface area contributed by atoms with Crippen molar-refractivity contribution >= 4 is 11.8 Å². The summed E-state index contributed by atoms with van der Waals surface area (Å²) in [5.74, 6) is -0.357. The van der Waals surface area contributed by atoms with Crippen LogP contribution in [0.4, 0.5) is 13.2 Å². The van der Waals surface area contributed by atoms with Gasteiger partial charge in [-0.3, -0.25) is 9.59 Å². The second kappa shape index (κ2) is 7.13. The Morgan fingerprint density at radius 2 is 1.90 bits per heavy atom. The molecule has 0 aromatic carbocycles. The lowest BCUT2D eigenvalue weighted by Gasteiger charge is -2.39. The predicted octanol–water partition coefficient (Wildman–Crippen LogP) is 2.48. The Bertz CT molecular complexity index is 383. The number of carbonyl (C=O) groups is 2. The van der Waals surface area contributed by atoms with Crippen molar-refractivity contribution < 1.29 is 22.8 Å². The van der Waals surface area contributed by atoms with Gasteiger partial charge in [0.05, 0.1) is 0 Å². The van der Waals surface area contributed by atoms with Crippen LogP contribution >= 0.6 is 0 Å². The first-order chi connectivity index (χ1) is 9.65. The van der Waals surface area contributed by atoms with Crippen molar-refractivity contribution in [3.63, 3.8) is 0 Å². The van der Waals surface area contributed by atoms with Gasteiger partial charge in [0.25, 0.3) is 0 Å². The van der Waals surface area contributed by atoms with Gasteiger partial charge in [0, 0.05) is 13.0 Å². The first-order valence-corrected chi connectivity index (χ1v) is 7.33. The summed E-state index contributed by atoms with van der Waals surface area (Å²) in [7, 11) is 0. The molecule has 0 spiro atoms. The Labute approximate surface area is 123 Å². The Balaban J connectivity index is 2.78. The molecule has 0 saturated carbocycles. The maximum absolute atomic E-state index is 12.3. The fraction of sp³-hybridized carbons (Fsp3) is 0.857. The minimum Gasteiger partial charge on any atom is -0.343 e. The van der Waals surface area contributed by atoms with Crippen LogP contribution in [-0.2, 0) is 9.59 Å². The average Bonchev–Trinajstić information content (AvgIpc) is 2.35. The number of hydrogen-bond acceptors (Lipinski definition) is 2. The van der Waals surface area contributed by atoms with Gasteiger partial charge in [-0.25, -0.2) is 0 Å². The summed E-state index contributed by atoms with van der Waals surface area (Å²) >= 11 is 0. The molecule has 21 heavy (non-hydrogen) atoms. The van der Waals surface area contributed by atoms with Crippen molar-refractivity contribution in [1.29, 1.82) is 0 Å². The molecule has 1 aliphatic rings. The van der Waals surface area contributed by atoms with E-state index in [2.05, 4.69) is 5.32 Å². The molecule has 1 heterocycles. The van der Waals surface area contributed by atoms with E-state index in [0.717, 1.165) is 0 Å². The van der Waals surface area contributed by atoms with E-state index in [1.807, 2.05) is 13.8 Å². The molecular formula is C14H23F3N2O2. The zero-order valence-corrected chi connectivity index (χ0v) is 12.7. The number of piperazine rings is 1. The van der Waals surface area contributed by atoms with Crippen LogP contribution in [0.3, 0.4) is 0 Å². The molecule has 1 N–H and O–H groups in total. The van der Waals surface area contributed by atoms with Crippen molar-refractivity contribution in [2.75, 3.05) is 6.54 Å². The van der Waals surface area contributed by atoms with E-state index in [4.69, 9.17) is 0 Å². The van der Waals surface area contributed by atoms with Crippen molar-refractivity contribution in [3.05, 3.63) is 0 Å². The van der Waals surface area contributed by atoms with E-state index >= 15 is 0 Å². The Morgan fingerprint density at radius 1 is 1.29 bits per heavy atom. The molecule has 1 rings (SSSR count). The Hall–Kier alpha value is -1.27. The van der Waals surface area contributed by atoms with Crippen molar-refractivity contribution in [1.82, 2.24) is 10.2 Å². The summed E-state index contributed by atoms with van der Waals surface area (Å²) in [6.07, 6.45) is -4.45. The van der Waals surface area contributed by atoms with Gasteiger partial charge >= 0.3 is 6.18 Å². The fourth-order valence-corrected chi connectivity index (χ4v) is 2.50. The van der Waals surface area contributed by atoms with Crippen LogP contribution in [0.25, 0.3) is 0 Å². The molecule has 1 saturated heterocycles. The van der Waals surface area contributed by atoms with Crippen LogP contribution in [-0.4, -0.2) is 41.5 Å². The maximum Gasteiger partial charge on any atom is 0.389 e. The number of halogens is 3. The van der Waals surface area contributed by atoms with Gasteiger partial charge in [0.15, 0.2) is 0 Å². The van der Waals surface area contributed by atoms with Crippen molar-refractivity contribution in [3.8, 4) is 0 Å². The molecule has 2 atom stereocenters. The summed E-state index contributed by atoms with van der Waals surface area (Å²) in [5.41, 5.74) is 0. The maximum atomic E-state index is 12.3. The van der Waals surface area contributed by atoms with Crippen molar-refractivity contribution in [2.24, 2.45) is 5.92 Å². The lowest BCUT2D eigenvalue weighted by atomic mass is 9.96. The third-order valence-corrected chi connectivity index (χ3v) is 3.54. The van der Waals surface area contributed by atoms with E-state index in [9.17, 15) is 22.8 Å². The summed E-state index contributed by atoms with van der Waals surface area (Å²) in [4.78, 5) is 25.7. The summed E-state index contributed by atoms with van der Waals surface area (Å²) in [6.45, 7) is 5.56. The standard InChI is InChI=1S/C14H23F3N2O2/c1-4-10-13(21)19(7-5-6-14(15,16)17)11(8-9(2)3)12(20)18-10/h9-11H,4-8H2,1-3H3,(H,18,20). The largest absolute Gasteiger partial charge is 0.389 e. The van der Waals surface area contributed by atoms with E-state index in [1.54, 1.807) is 6.92 Å². The van der Waals surface area contributed by atoms with Gasteiger partial charge in [0.1, 0.15) is 12.1 Å². The molecule has 122 valence electrons. The highest BCUT2D eigenvalue weighted by Crippen LogP contribution is 2.24. The van der Waals surface area contributed by atoms with Gasteiger partial charge in [0.2, 0.25) is 11.8 Å². The fourth-order valence-electron chi connectivity index (χ4n) is 2.50. The first kappa shape index (κ1) is 17.8. The SMILES string of the molecule is CCC1NC(=O)C(CC(C)C)N(CCCC(F)(F)F)C1=O. The van der Waals surface area contributed by atoms with Crippen LogP contribution < -0.4 is 5.32 Å². The monoisotopic (exact) mass is 308 g/mol. The summed E-state index contributed by atoms with van der Waals surface area (Å²) < 4.78 is 36.8. The number of alkyl halides is 3. The second-order valence-electron chi connectivity index (χ2n) is 5.87. The molecular weight excluding hydrogens is 285 g/mol. The predicted molar refractivity (Wildman–Crippen MR) is 72.5 cm³/mol. The van der Waals surface area contributed by atoms with Gasteiger partial charge < -0.3 is 10.2 Å². The van der Waals surface area contributed by atoms with Crippen LogP contribution in [0.1, 0.15) is 46.5 Å². The molecule has 0 bridgehead atoms. The molecule has 2 unspecified atom stereocenters. The van der Waals surface area contributed by atoms with E-state index in [1.165, 1.54) is 4.90 Å². The topological polar surface area (TPSA) is 49.4 Å². The zero-order chi connectivity index (χ0) is 16.2. The van der Waals surface area contributed by atoms with Crippen molar-refractivity contribution in [2.45, 2.75) is 64.7 Å². The minimum atomic E-state index is -4.24. The number of hydrogen-bond donors (Lipinski definition) is 1. The lowest BCUT2D eigenvalue weighted by molar-refractivity contribution is -0.152. The van der Waals surface area contributed by atoms with E-state index < -0.39 is 24.7 Å². The second-order valence-corrected chi connectivity index (χ2v) is 5.87. The van der Waals surface area contributed by atoms with Gasteiger partial charge in [-0.1, -0.05) is 20.8 Å². The highest BCUT2D eigenvalue weighted by molar-refractivity contribution is 5.96. The summed E-state index contributed by atoms with van der Waals surface area (Å²) in [5, 5.41) is 2.66. The number of rotatable bonds is 6. The first-order valence-electron chi connectivity index (χ1n) is 7.33. The molecule has 1 fully saturated rings. The molecule has 0 radical (unpaired) electrons. The Kier molecular flexibility index (Phi) is 6.04. The number of carbonyl (C=O) groups excluding carboxylic acids is 2. The molecule has 7 heteroatoms. The molecule has 1 aliphatic heterocycles. The van der Waals surface area contributed by atoms with E-state index in [-0.39, 0.29) is 30.7 Å². The highest BCUT2D eigenvalue weighted by atomic mass is 19.4. The van der Waals surface area contributed by atoms with Crippen LogP contribution in [0.5, 0.6) is 0 Å². The molecule has 2 amide bonds. The van der Waals surface area contributed by atoms with Crippen LogP contribution in [0.2, 0.25) is 0 Å². The highest BCUT2D eigenvalue weighted by Gasteiger charge is 2.40. The molecule has 4 nitrogen and oxygen atoms in total. The number of nitrogens with one attached hydrogen (secondary N) is 1. The Morgan fingerprint density at radius 3 is 2.38 bits per heavy atom. The van der Waals surface area contributed by atoms with Crippen LogP contribution in [0.15, 0.2) is 0 Å². The molecule has 0 aromatic rings. The quantitative estimate of drug-likeness (QED) is 0.819. The zero-order valence-electron chi connectivity index (χ0n) is 12.7. The normalized spacial score (nSPS) is 23.7. The number of amides is 2. The minimum absolute atomic E-state index is 0.0281. The average molecular weight is 308 g/mol. The third kappa shape index (κ3) is 5.21. The third-order valence-electron chi connectivity index (χ3n) is 3.54.